The molecule has 0 spiro atoms. The maximum Gasteiger partial charge on any atom is 0.353 e. The summed E-state index contributed by atoms with van der Waals surface area (Å²) in [6, 6.07) is 9.80. The molecule has 2 rings (SSSR count). The molecule has 0 aliphatic rings. The monoisotopic (exact) mass is 474 g/mol. The molecule has 2 atom stereocenters. The highest BCUT2D eigenvalue weighted by Gasteiger charge is 2.37. The molecule has 186 valence electrons. The molecule has 0 bridgehead atoms. The van der Waals surface area contributed by atoms with Crippen molar-refractivity contribution in [1.29, 1.82) is 0 Å². The fourth-order valence-electron chi connectivity index (χ4n) is 3.72. The molecule has 0 aliphatic carbocycles. The van der Waals surface area contributed by atoms with Crippen molar-refractivity contribution in [3.63, 3.8) is 0 Å². The fourth-order valence-corrected chi connectivity index (χ4v) is 3.72. The number of amides is 1. The normalized spacial score (nSPS) is 13.4. The summed E-state index contributed by atoms with van der Waals surface area (Å²) in [5.41, 5.74) is -0.516. The minimum absolute atomic E-state index is 0.0420. The number of H-pyrrole nitrogens is 2. The summed E-state index contributed by atoms with van der Waals surface area (Å²) in [7, 11) is 0. The van der Waals surface area contributed by atoms with Crippen LogP contribution in [0.3, 0.4) is 0 Å². The van der Waals surface area contributed by atoms with Crippen LogP contribution < -0.4 is 22.5 Å². The summed E-state index contributed by atoms with van der Waals surface area (Å²) >= 11 is 0. The number of aromatic nitrogens is 3. The Bertz CT molecular complexity index is 1110. The number of rotatable bonds is 10. The third kappa shape index (κ3) is 8.17. The predicted octanol–water partition coefficient (Wildman–Crippen LogP) is 1.94. The lowest BCUT2D eigenvalue weighted by atomic mass is 9.81. The first-order chi connectivity index (χ1) is 15.9. The van der Waals surface area contributed by atoms with Crippen LogP contribution in [0.2, 0.25) is 0 Å². The van der Waals surface area contributed by atoms with Gasteiger partial charge in [0.05, 0.1) is 11.8 Å². The third-order valence-corrected chi connectivity index (χ3v) is 5.15. The Balaban J connectivity index is 2.33. The summed E-state index contributed by atoms with van der Waals surface area (Å²) in [6.07, 6.45) is 2.06. The highest BCUT2D eigenvalue weighted by molar-refractivity contribution is 5.90. The zero-order valence-electron chi connectivity index (χ0n) is 20.3. The lowest BCUT2D eigenvalue weighted by molar-refractivity contribution is -0.164. The maximum atomic E-state index is 13.3. The van der Waals surface area contributed by atoms with Gasteiger partial charge in [-0.2, -0.15) is 0 Å². The largest absolute Gasteiger partial charge is 0.460 e. The van der Waals surface area contributed by atoms with Gasteiger partial charge in [0.25, 0.3) is 0 Å². The van der Waals surface area contributed by atoms with Crippen LogP contribution in [-0.2, 0) is 20.7 Å². The van der Waals surface area contributed by atoms with Crippen LogP contribution in [0, 0.1) is 17.8 Å². The summed E-state index contributed by atoms with van der Waals surface area (Å²) < 4.78 is 6.02. The molecule has 34 heavy (non-hydrogen) atoms. The molecule has 3 N–H and O–H groups in total. The van der Waals surface area contributed by atoms with Crippen molar-refractivity contribution >= 4 is 11.9 Å². The molecule has 0 unspecified atom stereocenters. The van der Waals surface area contributed by atoms with Crippen molar-refractivity contribution in [2.24, 2.45) is 17.8 Å². The first-order valence-corrected chi connectivity index (χ1v) is 11.4. The minimum atomic E-state index is -1.08. The van der Waals surface area contributed by atoms with Gasteiger partial charge in [-0.05, 0) is 57.9 Å². The molecule has 1 aromatic carbocycles. The lowest BCUT2D eigenvalue weighted by Gasteiger charge is -2.29. The van der Waals surface area contributed by atoms with Crippen molar-refractivity contribution in [2.45, 2.75) is 65.9 Å². The summed E-state index contributed by atoms with van der Waals surface area (Å²) in [5.74, 6) is -2.79. The number of esters is 1. The van der Waals surface area contributed by atoms with Crippen LogP contribution in [0.4, 0.5) is 0 Å². The quantitative estimate of drug-likeness (QED) is 0.449. The summed E-state index contributed by atoms with van der Waals surface area (Å²) in [5, 5.41) is 0. The Morgan fingerprint density at radius 2 is 1.59 bits per heavy atom. The van der Waals surface area contributed by atoms with Gasteiger partial charge in [0, 0.05) is 0 Å². The van der Waals surface area contributed by atoms with Crippen molar-refractivity contribution in [2.75, 3.05) is 5.43 Å². The van der Waals surface area contributed by atoms with Crippen LogP contribution >= 0.6 is 0 Å². The third-order valence-electron chi connectivity index (χ3n) is 5.15. The number of aromatic amines is 2. The molecule has 10 nitrogen and oxygen atoms in total. The topological polar surface area (TPSA) is 143 Å². The van der Waals surface area contributed by atoms with E-state index in [0.717, 1.165) is 12.0 Å². The minimum Gasteiger partial charge on any atom is -0.460 e. The Morgan fingerprint density at radius 1 is 1.00 bits per heavy atom. The molecular weight excluding hydrogens is 440 g/mol. The van der Waals surface area contributed by atoms with E-state index in [2.05, 4.69) is 5.43 Å². The molecular formula is C24H34N4O6. The van der Waals surface area contributed by atoms with E-state index in [1.165, 1.54) is 0 Å². The molecule has 10 heteroatoms. The first kappa shape index (κ1) is 26.8. The average Bonchev–Trinajstić information content (AvgIpc) is 2.71. The van der Waals surface area contributed by atoms with E-state index in [0.29, 0.717) is 23.9 Å². The SMILES string of the molecule is CC(C)C[C@@H](C(=O)Nn1c(=O)[nH]c(=O)[nH]c1=O)[C@H](CCCc1ccccc1)C(=O)OC(C)(C)C. The molecule has 0 radical (unpaired) electrons. The van der Waals surface area contributed by atoms with Crippen molar-refractivity contribution in [3.8, 4) is 0 Å². The van der Waals surface area contributed by atoms with E-state index >= 15 is 0 Å². The fraction of sp³-hybridized carbons (Fsp3) is 0.542. The van der Waals surface area contributed by atoms with Gasteiger partial charge in [0.2, 0.25) is 5.91 Å². The number of benzene rings is 1. The van der Waals surface area contributed by atoms with E-state index in [1.807, 2.05) is 54.1 Å². The molecule has 0 saturated carbocycles. The van der Waals surface area contributed by atoms with Gasteiger partial charge in [-0.25, -0.2) is 14.4 Å². The number of nitrogens with zero attached hydrogens (tertiary/aromatic N) is 1. The van der Waals surface area contributed by atoms with Crippen LogP contribution in [0.1, 0.15) is 59.4 Å². The number of hydrogen-bond donors (Lipinski definition) is 3. The Hall–Kier alpha value is -3.43. The second-order valence-electron chi connectivity index (χ2n) is 9.75. The van der Waals surface area contributed by atoms with Crippen molar-refractivity contribution in [3.05, 3.63) is 67.3 Å². The van der Waals surface area contributed by atoms with E-state index in [-0.39, 0.29) is 5.92 Å². The summed E-state index contributed by atoms with van der Waals surface area (Å²) in [4.78, 5) is 65.6. The van der Waals surface area contributed by atoms with Gasteiger partial charge in [0.15, 0.2) is 0 Å². The van der Waals surface area contributed by atoms with Crippen LogP contribution in [0.15, 0.2) is 44.7 Å². The highest BCUT2D eigenvalue weighted by atomic mass is 16.6. The van der Waals surface area contributed by atoms with Gasteiger partial charge in [-0.15, -0.1) is 4.68 Å². The molecule has 2 aromatic rings. The second kappa shape index (κ2) is 11.6. The Morgan fingerprint density at radius 3 is 2.12 bits per heavy atom. The van der Waals surface area contributed by atoms with Gasteiger partial charge < -0.3 is 4.74 Å². The molecule has 0 fully saturated rings. The standard InChI is InChI=1S/C24H34N4O6/c1-15(2)14-18(19(29)27-28-22(32)25-21(31)26-23(28)33)17(20(30)34-24(3,4)5)13-9-12-16-10-7-6-8-11-16/h6-8,10-11,15,17-18H,9,12-14H2,1-5H3,(H,27,29)(H2,25,26,31,32,33)/t17-,18+/m0/s1. The van der Waals surface area contributed by atoms with Crippen molar-refractivity contribution in [1.82, 2.24) is 14.6 Å². The number of carbonyl (C=O) groups excluding carboxylic acids is 2. The Kier molecular flexibility index (Phi) is 9.17. The van der Waals surface area contributed by atoms with Crippen LogP contribution in [0.25, 0.3) is 0 Å². The number of nitrogens with one attached hydrogen (secondary N) is 3. The highest BCUT2D eigenvalue weighted by Crippen LogP contribution is 2.29. The zero-order valence-corrected chi connectivity index (χ0v) is 20.3. The van der Waals surface area contributed by atoms with Gasteiger partial charge in [-0.3, -0.25) is 25.0 Å². The van der Waals surface area contributed by atoms with E-state index in [9.17, 15) is 24.0 Å². The van der Waals surface area contributed by atoms with E-state index in [4.69, 9.17) is 4.74 Å². The van der Waals surface area contributed by atoms with Crippen molar-refractivity contribution < 1.29 is 14.3 Å². The van der Waals surface area contributed by atoms with Crippen LogP contribution in [0.5, 0.6) is 0 Å². The predicted molar refractivity (Wildman–Crippen MR) is 128 cm³/mol. The smallest absolute Gasteiger partial charge is 0.353 e. The molecule has 0 aliphatic heterocycles. The second-order valence-corrected chi connectivity index (χ2v) is 9.75. The summed E-state index contributed by atoms with van der Waals surface area (Å²) in [6.45, 7) is 9.08. The number of aryl methyl sites for hydroxylation is 1. The average molecular weight is 475 g/mol. The van der Waals surface area contributed by atoms with Gasteiger partial charge in [-0.1, -0.05) is 44.2 Å². The van der Waals surface area contributed by atoms with E-state index < -0.39 is 46.4 Å². The number of hydrogen-bond acceptors (Lipinski definition) is 6. The number of carbonyl (C=O) groups is 2. The van der Waals surface area contributed by atoms with Gasteiger partial charge >= 0.3 is 23.0 Å². The first-order valence-electron chi connectivity index (χ1n) is 11.4. The zero-order chi connectivity index (χ0) is 25.5. The van der Waals surface area contributed by atoms with E-state index in [1.54, 1.807) is 20.8 Å². The molecule has 1 amide bonds. The Labute approximate surface area is 197 Å². The molecule has 0 saturated heterocycles. The number of ether oxygens (including phenoxy) is 1. The van der Waals surface area contributed by atoms with Crippen LogP contribution in [-0.4, -0.2) is 32.1 Å². The molecule has 1 aromatic heterocycles. The van der Waals surface area contributed by atoms with Gasteiger partial charge in [0.1, 0.15) is 5.60 Å². The lowest BCUT2D eigenvalue weighted by Crippen LogP contribution is -2.51. The molecule has 1 heterocycles. The maximum absolute atomic E-state index is 13.3.